The van der Waals surface area contributed by atoms with Crippen LogP contribution in [0.1, 0.15) is 36.6 Å². The second kappa shape index (κ2) is 10.3. The van der Waals surface area contributed by atoms with Crippen LogP contribution in [-0.4, -0.2) is 23.0 Å². The average molecular weight is 378 g/mol. The number of aromatic carboxylic acids is 1. The molecular formula is C22H18O6. The summed E-state index contributed by atoms with van der Waals surface area (Å²) in [6.07, 6.45) is 0. The van der Waals surface area contributed by atoms with E-state index in [-0.39, 0.29) is 0 Å². The van der Waals surface area contributed by atoms with Gasteiger partial charge in [0.2, 0.25) is 0 Å². The molecule has 0 bridgehead atoms. The zero-order chi connectivity index (χ0) is 20.4. The predicted molar refractivity (Wildman–Crippen MR) is 102 cm³/mol. The van der Waals surface area contributed by atoms with E-state index in [9.17, 15) is 14.4 Å². The number of carbonyl (C=O) groups excluding carboxylic acids is 2. The Morgan fingerprint density at radius 1 is 0.643 bits per heavy atom. The SMILES string of the molecule is Cc1cccc(C(=O)OOC(=O)c2ccccc2)c1.O=C(O)c1ccccc1. The zero-order valence-electron chi connectivity index (χ0n) is 15.1. The molecule has 3 aromatic rings. The van der Waals surface area contributed by atoms with Crippen molar-refractivity contribution in [1.29, 1.82) is 0 Å². The van der Waals surface area contributed by atoms with Crippen molar-refractivity contribution in [3.63, 3.8) is 0 Å². The van der Waals surface area contributed by atoms with Gasteiger partial charge in [-0.1, -0.05) is 54.1 Å². The summed E-state index contributed by atoms with van der Waals surface area (Å²) >= 11 is 0. The Balaban J connectivity index is 0.000000261. The monoisotopic (exact) mass is 378 g/mol. The van der Waals surface area contributed by atoms with Crippen LogP contribution in [0.3, 0.4) is 0 Å². The van der Waals surface area contributed by atoms with E-state index in [0.29, 0.717) is 16.7 Å². The summed E-state index contributed by atoms with van der Waals surface area (Å²) in [5.41, 5.74) is 1.90. The average Bonchev–Trinajstić information content (AvgIpc) is 2.73. The second-order valence-corrected chi connectivity index (χ2v) is 5.65. The minimum Gasteiger partial charge on any atom is -0.478 e. The molecule has 0 radical (unpaired) electrons. The van der Waals surface area contributed by atoms with Gasteiger partial charge in [0.15, 0.2) is 0 Å². The lowest BCUT2D eigenvalue weighted by atomic mass is 10.1. The van der Waals surface area contributed by atoms with Crippen LogP contribution in [0.4, 0.5) is 0 Å². The first-order valence-electron chi connectivity index (χ1n) is 8.30. The minimum absolute atomic E-state index is 0.319. The van der Waals surface area contributed by atoms with Crippen molar-refractivity contribution < 1.29 is 29.3 Å². The number of hydrogen-bond donors (Lipinski definition) is 1. The summed E-state index contributed by atoms with van der Waals surface area (Å²) < 4.78 is 0. The van der Waals surface area contributed by atoms with Crippen molar-refractivity contribution >= 4 is 17.9 Å². The normalized spacial score (nSPS) is 9.46. The van der Waals surface area contributed by atoms with Crippen LogP contribution >= 0.6 is 0 Å². The highest BCUT2D eigenvalue weighted by atomic mass is 17.2. The highest BCUT2D eigenvalue weighted by Crippen LogP contribution is 2.07. The van der Waals surface area contributed by atoms with Crippen molar-refractivity contribution in [1.82, 2.24) is 0 Å². The predicted octanol–water partition coefficient (Wildman–Crippen LogP) is 4.31. The van der Waals surface area contributed by atoms with Gasteiger partial charge in [0.1, 0.15) is 0 Å². The van der Waals surface area contributed by atoms with Crippen LogP contribution in [0.15, 0.2) is 84.9 Å². The van der Waals surface area contributed by atoms with Gasteiger partial charge in [-0.25, -0.2) is 24.2 Å². The van der Waals surface area contributed by atoms with Crippen LogP contribution < -0.4 is 0 Å². The number of aryl methyl sites for hydroxylation is 1. The minimum atomic E-state index is -0.879. The van der Waals surface area contributed by atoms with Gasteiger partial charge in [0.05, 0.1) is 16.7 Å². The fourth-order valence-electron chi connectivity index (χ4n) is 2.10. The smallest absolute Gasteiger partial charge is 0.386 e. The molecule has 0 spiro atoms. The number of rotatable bonds is 3. The molecule has 0 saturated carbocycles. The van der Waals surface area contributed by atoms with E-state index in [4.69, 9.17) is 5.11 Å². The third kappa shape index (κ3) is 6.42. The molecule has 0 fully saturated rings. The molecule has 28 heavy (non-hydrogen) atoms. The zero-order valence-corrected chi connectivity index (χ0v) is 15.1. The highest BCUT2D eigenvalue weighted by molar-refractivity contribution is 5.92. The molecular weight excluding hydrogens is 360 g/mol. The molecule has 0 aliphatic rings. The molecule has 1 N–H and O–H groups in total. The van der Waals surface area contributed by atoms with Crippen molar-refractivity contribution in [3.8, 4) is 0 Å². The van der Waals surface area contributed by atoms with Gasteiger partial charge < -0.3 is 5.11 Å². The number of benzene rings is 3. The maximum atomic E-state index is 11.6. The van der Waals surface area contributed by atoms with Crippen molar-refractivity contribution in [2.75, 3.05) is 0 Å². The van der Waals surface area contributed by atoms with E-state index >= 15 is 0 Å². The molecule has 3 aromatic carbocycles. The van der Waals surface area contributed by atoms with Gasteiger partial charge in [-0.15, -0.1) is 0 Å². The Labute approximate surface area is 161 Å². The summed E-state index contributed by atoms with van der Waals surface area (Å²) in [5.74, 6) is -2.29. The van der Waals surface area contributed by atoms with Crippen molar-refractivity contribution in [3.05, 3.63) is 107 Å². The fourth-order valence-corrected chi connectivity index (χ4v) is 2.10. The van der Waals surface area contributed by atoms with Crippen molar-refractivity contribution in [2.24, 2.45) is 0 Å². The Morgan fingerprint density at radius 3 is 1.57 bits per heavy atom. The van der Waals surface area contributed by atoms with Gasteiger partial charge in [-0.3, -0.25) is 0 Å². The van der Waals surface area contributed by atoms with E-state index in [1.807, 2.05) is 13.0 Å². The summed E-state index contributed by atoms with van der Waals surface area (Å²) in [6, 6.07) is 23.4. The van der Waals surface area contributed by atoms with Gasteiger partial charge >= 0.3 is 17.9 Å². The molecule has 0 atom stereocenters. The molecule has 3 rings (SSSR count). The first-order chi connectivity index (χ1) is 13.5. The van der Waals surface area contributed by atoms with E-state index in [0.717, 1.165) is 5.56 Å². The summed E-state index contributed by atoms with van der Waals surface area (Å²) in [6.45, 7) is 1.85. The molecule has 0 aromatic heterocycles. The first kappa shape index (κ1) is 20.4. The third-order valence-corrected chi connectivity index (χ3v) is 3.48. The lowest BCUT2D eigenvalue weighted by Crippen LogP contribution is -2.11. The van der Waals surface area contributed by atoms with Crippen LogP contribution in [0.5, 0.6) is 0 Å². The number of carboxylic acids is 1. The quantitative estimate of drug-likeness (QED) is 0.540. The van der Waals surface area contributed by atoms with Crippen LogP contribution in [0, 0.1) is 6.92 Å². The Hall–Kier alpha value is -3.93. The number of hydrogen-bond acceptors (Lipinski definition) is 5. The van der Waals surface area contributed by atoms with E-state index in [1.54, 1.807) is 78.9 Å². The van der Waals surface area contributed by atoms with E-state index < -0.39 is 17.9 Å². The molecule has 6 heteroatoms. The standard InChI is InChI=1S/C15H12O4.C7H6O2/c1-11-6-5-9-13(10-11)15(17)19-18-14(16)12-7-3-2-4-8-12;8-7(9)6-4-2-1-3-5-6/h2-10H,1H3;1-5H,(H,8,9). The topological polar surface area (TPSA) is 89.9 Å². The van der Waals surface area contributed by atoms with Crippen molar-refractivity contribution in [2.45, 2.75) is 6.92 Å². The van der Waals surface area contributed by atoms with E-state index in [1.165, 1.54) is 0 Å². The van der Waals surface area contributed by atoms with E-state index in [2.05, 4.69) is 9.78 Å². The van der Waals surface area contributed by atoms with Gasteiger partial charge in [-0.2, -0.15) is 0 Å². The lowest BCUT2D eigenvalue weighted by Gasteiger charge is -2.03. The summed E-state index contributed by atoms with van der Waals surface area (Å²) in [5, 5.41) is 8.38. The maximum absolute atomic E-state index is 11.6. The number of carboxylic acid groups (broad SMARTS) is 1. The van der Waals surface area contributed by atoms with Gasteiger partial charge in [0.25, 0.3) is 0 Å². The van der Waals surface area contributed by atoms with Crippen LogP contribution in [-0.2, 0) is 9.78 Å². The Bertz CT molecular complexity index is 936. The molecule has 0 heterocycles. The highest BCUT2D eigenvalue weighted by Gasteiger charge is 2.13. The largest absolute Gasteiger partial charge is 0.478 e. The lowest BCUT2D eigenvalue weighted by molar-refractivity contribution is -0.187. The molecule has 0 amide bonds. The molecule has 6 nitrogen and oxygen atoms in total. The first-order valence-corrected chi connectivity index (χ1v) is 8.30. The summed E-state index contributed by atoms with van der Waals surface area (Å²) in [4.78, 5) is 42.4. The Kier molecular flexibility index (Phi) is 7.48. The fraction of sp³-hybridized carbons (Fsp3) is 0.0455. The Morgan fingerprint density at radius 2 is 1.11 bits per heavy atom. The van der Waals surface area contributed by atoms with Crippen LogP contribution in [0.2, 0.25) is 0 Å². The summed E-state index contributed by atoms with van der Waals surface area (Å²) in [7, 11) is 0. The van der Waals surface area contributed by atoms with Gasteiger partial charge in [-0.05, 0) is 43.3 Å². The van der Waals surface area contributed by atoms with Gasteiger partial charge in [0, 0.05) is 0 Å². The second-order valence-electron chi connectivity index (χ2n) is 5.65. The molecule has 0 saturated heterocycles. The molecule has 142 valence electrons. The molecule has 0 unspecified atom stereocenters. The third-order valence-electron chi connectivity index (χ3n) is 3.48. The number of carbonyl (C=O) groups is 3. The maximum Gasteiger partial charge on any atom is 0.386 e. The molecule has 0 aliphatic carbocycles. The van der Waals surface area contributed by atoms with Crippen LogP contribution in [0.25, 0.3) is 0 Å². The molecule has 0 aliphatic heterocycles.